The summed E-state index contributed by atoms with van der Waals surface area (Å²) in [6, 6.07) is 9.85. The molecule has 3 rings (SSSR count). The molecule has 4 N–H and O–H groups in total. The molecule has 0 aliphatic carbocycles. The number of phenolic OH excluding ortho intramolecular Hbond substituents is 2. The highest BCUT2D eigenvalue weighted by Crippen LogP contribution is 2.40. The SMILES string of the molecule is O=C(O)CCCOc1ccc(-c2cn[nH]c2-c2cc(Cl)c(O)cc2O)cc1. The summed E-state index contributed by atoms with van der Waals surface area (Å²) >= 11 is 5.95. The number of phenols is 2. The number of H-pyrrole nitrogens is 1. The van der Waals surface area contributed by atoms with Crippen molar-refractivity contribution in [1.82, 2.24) is 10.2 Å². The number of aromatic amines is 1. The number of benzene rings is 2. The Kier molecular flexibility index (Phi) is 5.52. The monoisotopic (exact) mass is 388 g/mol. The number of carboxylic acid groups (broad SMARTS) is 1. The van der Waals surface area contributed by atoms with Gasteiger partial charge in [0.25, 0.3) is 0 Å². The van der Waals surface area contributed by atoms with Gasteiger partial charge in [-0.2, -0.15) is 5.10 Å². The molecule has 0 unspecified atom stereocenters. The van der Waals surface area contributed by atoms with Crippen molar-refractivity contribution in [2.24, 2.45) is 0 Å². The molecule has 0 aliphatic rings. The van der Waals surface area contributed by atoms with E-state index in [0.717, 1.165) is 11.1 Å². The highest BCUT2D eigenvalue weighted by molar-refractivity contribution is 6.32. The van der Waals surface area contributed by atoms with Crippen molar-refractivity contribution in [1.29, 1.82) is 0 Å². The van der Waals surface area contributed by atoms with Crippen molar-refractivity contribution in [2.75, 3.05) is 6.61 Å². The molecule has 0 bridgehead atoms. The van der Waals surface area contributed by atoms with E-state index in [0.29, 0.717) is 30.0 Å². The molecular formula is C19H17ClN2O5. The molecule has 0 spiro atoms. The number of hydrogen-bond acceptors (Lipinski definition) is 5. The van der Waals surface area contributed by atoms with Gasteiger partial charge in [0.05, 0.1) is 23.5 Å². The molecule has 0 fully saturated rings. The summed E-state index contributed by atoms with van der Waals surface area (Å²) in [5, 5.41) is 35.3. The summed E-state index contributed by atoms with van der Waals surface area (Å²) in [7, 11) is 0. The van der Waals surface area contributed by atoms with Crippen LogP contribution in [0.25, 0.3) is 22.4 Å². The molecule has 0 radical (unpaired) electrons. The van der Waals surface area contributed by atoms with Gasteiger partial charge in [-0.1, -0.05) is 23.7 Å². The predicted molar refractivity (Wildman–Crippen MR) is 100 cm³/mol. The van der Waals surface area contributed by atoms with Crippen LogP contribution in [-0.4, -0.2) is 38.1 Å². The molecule has 0 aliphatic heterocycles. The molecule has 7 nitrogen and oxygen atoms in total. The van der Waals surface area contributed by atoms with E-state index in [4.69, 9.17) is 21.4 Å². The van der Waals surface area contributed by atoms with Crippen LogP contribution in [0.3, 0.4) is 0 Å². The number of carbonyl (C=O) groups is 1. The van der Waals surface area contributed by atoms with E-state index < -0.39 is 5.97 Å². The lowest BCUT2D eigenvalue weighted by atomic mass is 10.0. The van der Waals surface area contributed by atoms with Gasteiger partial charge >= 0.3 is 5.97 Å². The van der Waals surface area contributed by atoms with E-state index in [9.17, 15) is 15.0 Å². The summed E-state index contributed by atoms with van der Waals surface area (Å²) in [5.74, 6) is -0.548. The first kappa shape index (κ1) is 18.6. The first-order valence-corrected chi connectivity index (χ1v) is 8.53. The number of nitrogens with zero attached hydrogens (tertiary/aromatic N) is 1. The van der Waals surface area contributed by atoms with E-state index >= 15 is 0 Å². The predicted octanol–water partition coefficient (Wildman–Crippen LogP) is 4.05. The Morgan fingerprint density at radius 3 is 2.56 bits per heavy atom. The largest absolute Gasteiger partial charge is 0.507 e. The van der Waals surface area contributed by atoms with Crippen molar-refractivity contribution < 1.29 is 24.9 Å². The van der Waals surface area contributed by atoms with Crippen molar-refractivity contribution in [3.05, 3.63) is 47.6 Å². The first-order chi connectivity index (χ1) is 13.0. The van der Waals surface area contributed by atoms with Crippen molar-refractivity contribution >= 4 is 17.6 Å². The third-order valence-electron chi connectivity index (χ3n) is 3.94. The number of halogens is 1. The van der Waals surface area contributed by atoms with Crippen LogP contribution < -0.4 is 4.74 Å². The second-order valence-corrected chi connectivity index (χ2v) is 6.26. The average molecular weight is 389 g/mol. The van der Waals surface area contributed by atoms with Crippen LogP contribution in [-0.2, 0) is 4.79 Å². The maximum Gasteiger partial charge on any atom is 0.303 e. The molecule has 0 amide bonds. The highest BCUT2D eigenvalue weighted by Gasteiger charge is 2.16. The third kappa shape index (κ3) is 4.32. The molecule has 0 atom stereocenters. The van der Waals surface area contributed by atoms with E-state index in [2.05, 4.69) is 10.2 Å². The Bertz CT molecular complexity index is 953. The van der Waals surface area contributed by atoms with Crippen LogP contribution in [0.5, 0.6) is 17.2 Å². The maximum atomic E-state index is 10.5. The van der Waals surface area contributed by atoms with Gasteiger partial charge in [0.2, 0.25) is 0 Å². The summed E-state index contributed by atoms with van der Waals surface area (Å²) in [6.07, 6.45) is 2.12. The number of carboxylic acids is 1. The Morgan fingerprint density at radius 1 is 1.11 bits per heavy atom. The minimum atomic E-state index is -0.848. The fourth-order valence-electron chi connectivity index (χ4n) is 2.61. The first-order valence-electron chi connectivity index (χ1n) is 8.16. The second kappa shape index (κ2) is 8.01. The van der Waals surface area contributed by atoms with Crippen LogP contribution in [0.2, 0.25) is 5.02 Å². The lowest BCUT2D eigenvalue weighted by Gasteiger charge is -2.09. The van der Waals surface area contributed by atoms with E-state index in [-0.39, 0.29) is 22.9 Å². The quantitative estimate of drug-likeness (QED) is 0.454. The Hall–Kier alpha value is -3.19. The van der Waals surface area contributed by atoms with Crippen LogP contribution in [0, 0.1) is 0 Å². The fraction of sp³-hybridized carbons (Fsp3) is 0.158. The second-order valence-electron chi connectivity index (χ2n) is 5.85. The lowest BCUT2D eigenvalue weighted by molar-refractivity contribution is -0.137. The van der Waals surface area contributed by atoms with E-state index in [1.165, 1.54) is 12.1 Å². The zero-order chi connectivity index (χ0) is 19.4. The Balaban J connectivity index is 1.80. The van der Waals surface area contributed by atoms with Crippen LogP contribution >= 0.6 is 11.6 Å². The fourth-order valence-corrected chi connectivity index (χ4v) is 2.77. The van der Waals surface area contributed by atoms with Gasteiger partial charge < -0.3 is 20.1 Å². The van der Waals surface area contributed by atoms with Gasteiger partial charge in [-0.3, -0.25) is 9.89 Å². The molecule has 1 heterocycles. The smallest absolute Gasteiger partial charge is 0.303 e. The molecular weight excluding hydrogens is 372 g/mol. The number of hydrogen-bond donors (Lipinski definition) is 4. The highest BCUT2D eigenvalue weighted by atomic mass is 35.5. The number of rotatable bonds is 7. The van der Waals surface area contributed by atoms with E-state index in [1.807, 2.05) is 12.1 Å². The molecule has 140 valence electrons. The van der Waals surface area contributed by atoms with Crippen molar-refractivity contribution in [3.8, 4) is 39.6 Å². The topological polar surface area (TPSA) is 116 Å². The zero-order valence-corrected chi connectivity index (χ0v) is 14.9. The van der Waals surface area contributed by atoms with Gasteiger partial charge in [0.1, 0.15) is 17.2 Å². The Labute approximate surface area is 159 Å². The normalized spacial score (nSPS) is 10.7. The Morgan fingerprint density at radius 2 is 1.85 bits per heavy atom. The van der Waals surface area contributed by atoms with Gasteiger partial charge in [0.15, 0.2) is 0 Å². The van der Waals surface area contributed by atoms with Gasteiger partial charge in [-0.25, -0.2) is 0 Å². The maximum absolute atomic E-state index is 10.5. The summed E-state index contributed by atoms with van der Waals surface area (Å²) in [4.78, 5) is 10.5. The summed E-state index contributed by atoms with van der Waals surface area (Å²) in [5.41, 5.74) is 2.55. The van der Waals surface area contributed by atoms with Crippen molar-refractivity contribution in [2.45, 2.75) is 12.8 Å². The third-order valence-corrected chi connectivity index (χ3v) is 4.25. The minimum absolute atomic E-state index is 0.0646. The minimum Gasteiger partial charge on any atom is -0.507 e. The van der Waals surface area contributed by atoms with Crippen LogP contribution in [0.15, 0.2) is 42.6 Å². The van der Waals surface area contributed by atoms with Gasteiger partial charge in [0, 0.05) is 23.6 Å². The number of aromatic hydroxyl groups is 2. The molecule has 0 saturated carbocycles. The molecule has 27 heavy (non-hydrogen) atoms. The number of ether oxygens (including phenoxy) is 1. The number of aliphatic carboxylic acids is 1. The van der Waals surface area contributed by atoms with Gasteiger partial charge in [-0.05, 0) is 30.2 Å². The van der Waals surface area contributed by atoms with Crippen LogP contribution in [0.1, 0.15) is 12.8 Å². The summed E-state index contributed by atoms with van der Waals surface area (Å²) in [6.45, 7) is 0.322. The molecule has 2 aromatic carbocycles. The molecule has 1 aromatic heterocycles. The van der Waals surface area contributed by atoms with Crippen LogP contribution in [0.4, 0.5) is 0 Å². The molecule has 0 saturated heterocycles. The lowest BCUT2D eigenvalue weighted by Crippen LogP contribution is -2.01. The molecule has 8 heteroatoms. The number of aromatic nitrogens is 2. The zero-order valence-electron chi connectivity index (χ0n) is 14.1. The standard InChI is InChI=1S/C19H17ClN2O5/c20-15-8-13(16(23)9-17(15)24)19-14(10-21-22-19)11-3-5-12(6-4-11)27-7-1-2-18(25)26/h3-6,8-10,23-24H,1-2,7H2,(H,21,22)(H,25,26). The summed E-state index contributed by atoms with van der Waals surface area (Å²) < 4.78 is 5.52. The van der Waals surface area contributed by atoms with Crippen molar-refractivity contribution in [3.63, 3.8) is 0 Å². The molecule has 3 aromatic rings. The van der Waals surface area contributed by atoms with Gasteiger partial charge in [-0.15, -0.1) is 0 Å². The number of nitrogens with one attached hydrogen (secondary N) is 1. The average Bonchev–Trinajstić information content (AvgIpc) is 3.11. The van der Waals surface area contributed by atoms with E-state index in [1.54, 1.807) is 18.3 Å².